The molecule has 1 aliphatic rings. The van der Waals surface area contributed by atoms with Crippen molar-refractivity contribution in [2.24, 2.45) is 0 Å². The highest BCUT2D eigenvalue weighted by atomic mass is 35.5. The lowest BCUT2D eigenvalue weighted by Gasteiger charge is -2.25. The number of nitrogens with zero attached hydrogens (tertiary/aromatic N) is 1. The lowest BCUT2D eigenvalue weighted by molar-refractivity contribution is -0.131. The third-order valence-corrected chi connectivity index (χ3v) is 5.75. The molecule has 5 heteroatoms. The van der Waals surface area contributed by atoms with Gasteiger partial charge >= 0.3 is 0 Å². The summed E-state index contributed by atoms with van der Waals surface area (Å²) in [6.45, 7) is 0.775. The molecular formula is C19H19ClFNOS. The number of amides is 1. The fraction of sp³-hybridized carbons (Fsp3) is 0.316. The van der Waals surface area contributed by atoms with Crippen LogP contribution in [0.25, 0.3) is 0 Å². The predicted octanol–water partition coefficient (Wildman–Crippen LogP) is 5.33. The van der Waals surface area contributed by atoms with Crippen molar-refractivity contribution in [1.29, 1.82) is 0 Å². The number of hydrogen-bond acceptors (Lipinski definition) is 2. The maximum absolute atomic E-state index is 13.1. The van der Waals surface area contributed by atoms with Gasteiger partial charge in [-0.05, 0) is 42.7 Å². The Morgan fingerprint density at radius 1 is 1.21 bits per heavy atom. The fourth-order valence-corrected chi connectivity index (χ4v) is 4.23. The Kier molecular flexibility index (Phi) is 5.80. The molecule has 1 aliphatic heterocycles. The average Bonchev–Trinajstić information content (AvgIpc) is 3.07. The number of halogens is 2. The molecule has 0 radical (unpaired) electrons. The summed E-state index contributed by atoms with van der Waals surface area (Å²) < 4.78 is 13.1. The number of rotatable bonds is 5. The Morgan fingerprint density at radius 2 is 1.96 bits per heavy atom. The fourth-order valence-electron chi connectivity index (χ4n) is 3.05. The van der Waals surface area contributed by atoms with Gasteiger partial charge in [0.25, 0.3) is 0 Å². The Morgan fingerprint density at radius 3 is 2.71 bits per heavy atom. The van der Waals surface area contributed by atoms with Crippen molar-refractivity contribution in [1.82, 2.24) is 4.90 Å². The molecule has 1 fully saturated rings. The number of thioether (sulfide) groups is 1. The molecule has 0 N–H and O–H groups in total. The molecule has 1 heterocycles. The van der Waals surface area contributed by atoms with Gasteiger partial charge in [0, 0.05) is 23.6 Å². The highest BCUT2D eigenvalue weighted by Gasteiger charge is 2.29. The molecule has 1 unspecified atom stereocenters. The van der Waals surface area contributed by atoms with Crippen LogP contribution in [0.3, 0.4) is 0 Å². The summed E-state index contributed by atoms with van der Waals surface area (Å²) >= 11 is 7.74. The van der Waals surface area contributed by atoms with Gasteiger partial charge in [0.15, 0.2) is 0 Å². The molecule has 2 aromatic rings. The van der Waals surface area contributed by atoms with E-state index in [4.69, 9.17) is 11.6 Å². The van der Waals surface area contributed by atoms with Crippen molar-refractivity contribution in [3.8, 4) is 0 Å². The monoisotopic (exact) mass is 363 g/mol. The molecule has 126 valence electrons. The summed E-state index contributed by atoms with van der Waals surface area (Å²) in [4.78, 5) is 15.5. The average molecular weight is 364 g/mol. The number of benzene rings is 2. The zero-order chi connectivity index (χ0) is 16.9. The van der Waals surface area contributed by atoms with E-state index in [1.807, 2.05) is 29.2 Å². The van der Waals surface area contributed by atoms with E-state index in [1.54, 1.807) is 23.9 Å². The van der Waals surface area contributed by atoms with Crippen LogP contribution in [0.15, 0.2) is 53.4 Å². The van der Waals surface area contributed by atoms with Crippen LogP contribution in [-0.4, -0.2) is 23.1 Å². The summed E-state index contributed by atoms with van der Waals surface area (Å²) in [6, 6.07) is 14.2. The topological polar surface area (TPSA) is 20.3 Å². The molecule has 3 rings (SSSR count). The molecule has 1 saturated heterocycles. The lowest BCUT2D eigenvalue weighted by atomic mass is 10.0. The molecule has 0 spiro atoms. The third kappa shape index (κ3) is 4.11. The Balaban J connectivity index is 1.58. The van der Waals surface area contributed by atoms with Crippen LogP contribution in [-0.2, 0) is 4.79 Å². The Hall–Kier alpha value is -1.52. The van der Waals surface area contributed by atoms with Crippen molar-refractivity contribution >= 4 is 29.3 Å². The normalized spacial score (nSPS) is 17.2. The van der Waals surface area contributed by atoms with Gasteiger partial charge in [0.05, 0.1) is 11.1 Å². The van der Waals surface area contributed by atoms with E-state index < -0.39 is 0 Å². The van der Waals surface area contributed by atoms with Gasteiger partial charge in [0.2, 0.25) is 5.91 Å². The van der Waals surface area contributed by atoms with Crippen LogP contribution in [0, 0.1) is 5.82 Å². The highest BCUT2D eigenvalue weighted by molar-refractivity contribution is 7.99. The van der Waals surface area contributed by atoms with E-state index in [9.17, 15) is 9.18 Å². The van der Waals surface area contributed by atoms with Crippen molar-refractivity contribution in [3.05, 3.63) is 64.9 Å². The first-order valence-electron chi connectivity index (χ1n) is 8.07. The standard InChI is InChI=1S/C19H19ClFNOS/c20-16-4-1-2-6-18(16)24-13-11-19(23)22-12-3-5-17(22)14-7-9-15(21)10-8-14/h1-2,4,6-10,17H,3,5,11-13H2. The quantitative estimate of drug-likeness (QED) is 0.669. The van der Waals surface area contributed by atoms with Crippen LogP contribution in [0.5, 0.6) is 0 Å². The molecule has 24 heavy (non-hydrogen) atoms. The summed E-state index contributed by atoms with van der Waals surface area (Å²) in [5.74, 6) is 0.613. The van der Waals surface area contributed by atoms with E-state index in [1.165, 1.54) is 12.1 Å². The minimum Gasteiger partial charge on any atom is -0.336 e. The van der Waals surface area contributed by atoms with Gasteiger partial charge in [-0.15, -0.1) is 11.8 Å². The van der Waals surface area contributed by atoms with Crippen molar-refractivity contribution < 1.29 is 9.18 Å². The Bertz CT molecular complexity index is 707. The minimum absolute atomic E-state index is 0.0726. The van der Waals surface area contributed by atoms with Crippen LogP contribution in [0.4, 0.5) is 4.39 Å². The maximum atomic E-state index is 13.1. The zero-order valence-electron chi connectivity index (χ0n) is 13.3. The first kappa shape index (κ1) is 17.3. The smallest absolute Gasteiger partial charge is 0.223 e. The largest absolute Gasteiger partial charge is 0.336 e. The first-order chi connectivity index (χ1) is 11.6. The van der Waals surface area contributed by atoms with Gasteiger partial charge in [0.1, 0.15) is 5.82 Å². The molecule has 1 atom stereocenters. The number of carbonyl (C=O) groups is 1. The number of likely N-dealkylation sites (tertiary alicyclic amines) is 1. The SMILES string of the molecule is O=C(CCSc1ccccc1Cl)N1CCCC1c1ccc(F)cc1. The van der Waals surface area contributed by atoms with Crippen molar-refractivity contribution in [2.75, 3.05) is 12.3 Å². The Labute approximate surface area is 151 Å². The lowest BCUT2D eigenvalue weighted by Crippen LogP contribution is -2.30. The zero-order valence-corrected chi connectivity index (χ0v) is 14.8. The minimum atomic E-state index is -0.245. The second-order valence-electron chi connectivity index (χ2n) is 5.83. The molecule has 2 aromatic carbocycles. The summed E-state index contributed by atoms with van der Waals surface area (Å²) in [5, 5.41) is 0.723. The van der Waals surface area contributed by atoms with Crippen LogP contribution < -0.4 is 0 Å². The molecule has 0 saturated carbocycles. The molecule has 0 aliphatic carbocycles. The highest BCUT2D eigenvalue weighted by Crippen LogP contribution is 2.33. The van der Waals surface area contributed by atoms with Crippen molar-refractivity contribution in [2.45, 2.75) is 30.2 Å². The van der Waals surface area contributed by atoms with Gasteiger partial charge < -0.3 is 4.90 Å². The van der Waals surface area contributed by atoms with Crippen molar-refractivity contribution in [3.63, 3.8) is 0 Å². The van der Waals surface area contributed by atoms with Gasteiger partial charge in [-0.25, -0.2) is 4.39 Å². The van der Waals surface area contributed by atoms with Crippen LogP contribution in [0.2, 0.25) is 5.02 Å². The summed E-state index contributed by atoms with van der Waals surface area (Å²) in [7, 11) is 0. The molecule has 0 aromatic heterocycles. The number of hydrogen-bond donors (Lipinski definition) is 0. The van der Waals surface area contributed by atoms with E-state index in [0.29, 0.717) is 12.2 Å². The molecule has 0 bridgehead atoms. The van der Waals surface area contributed by atoms with E-state index in [-0.39, 0.29) is 17.8 Å². The van der Waals surface area contributed by atoms with Gasteiger partial charge in [-0.1, -0.05) is 35.9 Å². The van der Waals surface area contributed by atoms with E-state index in [2.05, 4.69) is 0 Å². The summed E-state index contributed by atoms with van der Waals surface area (Å²) in [5.41, 5.74) is 1.01. The second kappa shape index (κ2) is 8.04. The van der Waals surface area contributed by atoms with E-state index >= 15 is 0 Å². The maximum Gasteiger partial charge on any atom is 0.223 e. The first-order valence-corrected chi connectivity index (χ1v) is 9.44. The van der Waals surface area contributed by atoms with Crippen LogP contribution in [0.1, 0.15) is 30.9 Å². The van der Waals surface area contributed by atoms with E-state index in [0.717, 1.165) is 34.9 Å². The number of carbonyl (C=O) groups excluding carboxylic acids is 1. The van der Waals surface area contributed by atoms with Crippen LogP contribution >= 0.6 is 23.4 Å². The molecular weight excluding hydrogens is 345 g/mol. The summed E-state index contributed by atoms with van der Waals surface area (Å²) in [6.07, 6.45) is 2.41. The molecule has 1 amide bonds. The van der Waals surface area contributed by atoms with Gasteiger partial charge in [-0.3, -0.25) is 4.79 Å². The third-order valence-electron chi connectivity index (χ3n) is 4.24. The molecule has 2 nitrogen and oxygen atoms in total. The van der Waals surface area contributed by atoms with Gasteiger partial charge in [-0.2, -0.15) is 0 Å². The predicted molar refractivity (Wildman–Crippen MR) is 96.9 cm³/mol. The second-order valence-corrected chi connectivity index (χ2v) is 7.37.